The van der Waals surface area contributed by atoms with Gasteiger partial charge in [-0.2, -0.15) is 4.31 Å². The second-order valence-electron chi connectivity index (χ2n) is 5.70. The van der Waals surface area contributed by atoms with Gasteiger partial charge in [-0.15, -0.1) is 13.2 Å². The summed E-state index contributed by atoms with van der Waals surface area (Å²) in [5.41, 5.74) is 2.02. The fourth-order valence-electron chi connectivity index (χ4n) is 2.79. The number of hydrogen-bond donors (Lipinski definition) is 0. The zero-order valence-corrected chi connectivity index (χ0v) is 14.4. The molecule has 0 saturated heterocycles. The first-order chi connectivity index (χ1) is 12.3. The summed E-state index contributed by atoms with van der Waals surface area (Å²) >= 11 is 0. The van der Waals surface area contributed by atoms with Gasteiger partial charge in [0.15, 0.2) is 0 Å². The van der Waals surface area contributed by atoms with Crippen LogP contribution in [0.15, 0.2) is 65.6 Å². The van der Waals surface area contributed by atoms with E-state index in [1.807, 2.05) is 30.3 Å². The van der Waals surface area contributed by atoms with E-state index in [9.17, 15) is 21.6 Å². The van der Waals surface area contributed by atoms with Crippen molar-refractivity contribution in [2.45, 2.75) is 17.7 Å². The van der Waals surface area contributed by atoms with Crippen LogP contribution in [-0.4, -0.2) is 32.2 Å². The molecule has 8 heteroatoms. The van der Waals surface area contributed by atoms with E-state index < -0.39 is 27.0 Å². The molecule has 0 bridgehead atoms. The third kappa shape index (κ3) is 4.08. The van der Waals surface area contributed by atoms with Crippen molar-refractivity contribution in [1.29, 1.82) is 0 Å². The van der Waals surface area contributed by atoms with Gasteiger partial charge in [-0.05, 0) is 29.7 Å². The Labute approximate surface area is 149 Å². The highest BCUT2D eigenvalue weighted by Crippen LogP contribution is 2.33. The maximum absolute atomic E-state index is 12.8. The van der Waals surface area contributed by atoms with Gasteiger partial charge < -0.3 is 4.74 Å². The molecule has 0 fully saturated rings. The zero-order chi connectivity index (χ0) is 18.8. The Bertz CT molecular complexity index is 909. The van der Waals surface area contributed by atoms with Crippen molar-refractivity contribution in [3.05, 3.63) is 66.2 Å². The smallest absolute Gasteiger partial charge is 0.404 e. The third-order valence-corrected chi connectivity index (χ3v) is 5.91. The monoisotopic (exact) mass is 383 g/mol. The third-order valence-electron chi connectivity index (χ3n) is 4.01. The lowest BCUT2D eigenvalue weighted by molar-refractivity contribution is -0.275. The Kier molecular flexibility index (Phi) is 5.06. The minimum absolute atomic E-state index is 0.0902. The fraction of sp³-hybridized carbons (Fsp3) is 0.222. The Hall–Kier alpha value is -2.32. The Morgan fingerprint density at radius 1 is 0.962 bits per heavy atom. The number of hydrogen-bond acceptors (Lipinski definition) is 3. The van der Waals surface area contributed by atoms with E-state index in [0.29, 0.717) is 6.42 Å². The number of benzene rings is 2. The van der Waals surface area contributed by atoms with Crippen LogP contribution in [0.2, 0.25) is 0 Å². The molecule has 26 heavy (non-hydrogen) atoms. The molecule has 138 valence electrons. The van der Waals surface area contributed by atoms with Crippen LogP contribution >= 0.6 is 0 Å². The van der Waals surface area contributed by atoms with Gasteiger partial charge in [-0.3, -0.25) is 0 Å². The maximum atomic E-state index is 12.8. The number of sulfonamides is 1. The average molecular weight is 383 g/mol. The summed E-state index contributed by atoms with van der Waals surface area (Å²) in [5.74, 6) is -0.724. The number of ether oxygens (including phenoxy) is 1. The number of halogens is 3. The molecular formula is C18H16F3NO3S. The molecule has 0 N–H and O–H groups in total. The van der Waals surface area contributed by atoms with E-state index in [1.54, 1.807) is 6.08 Å². The van der Waals surface area contributed by atoms with Crippen molar-refractivity contribution in [3.8, 4) is 5.75 Å². The molecule has 0 amide bonds. The SMILES string of the molecule is O=S(=O)(c1ccccc1OC(F)(F)F)N1CC=C(c2ccccc2)CC1. The summed E-state index contributed by atoms with van der Waals surface area (Å²) in [7, 11) is -4.11. The molecule has 0 spiro atoms. The largest absolute Gasteiger partial charge is 0.573 e. The zero-order valence-electron chi connectivity index (χ0n) is 13.6. The molecule has 0 atom stereocenters. The highest BCUT2D eigenvalue weighted by atomic mass is 32.2. The number of rotatable bonds is 4. The van der Waals surface area contributed by atoms with E-state index in [1.165, 1.54) is 12.1 Å². The summed E-state index contributed by atoms with van der Waals surface area (Å²) in [4.78, 5) is -0.492. The lowest BCUT2D eigenvalue weighted by atomic mass is 10.0. The van der Waals surface area contributed by atoms with Gasteiger partial charge in [0.1, 0.15) is 10.6 Å². The average Bonchev–Trinajstić information content (AvgIpc) is 2.61. The number of alkyl halides is 3. The predicted octanol–water partition coefficient (Wildman–Crippen LogP) is 4.06. The Balaban J connectivity index is 1.86. The van der Waals surface area contributed by atoms with Gasteiger partial charge in [0.05, 0.1) is 0 Å². The Morgan fingerprint density at radius 2 is 1.62 bits per heavy atom. The van der Waals surface area contributed by atoms with E-state index in [2.05, 4.69) is 4.74 Å². The van der Waals surface area contributed by atoms with Crippen LogP contribution in [-0.2, 0) is 10.0 Å². The van der Waals surface area contributed by atoms with Crippen LogP contribution in [0.1, 0.15) is 12.0 Å². The van der Waals surface area contributed by atoms with Crippen molar-refractivity contribution in [1.82, 2.24) is 4.31 Å². The summed E-state index contributed by atoms with van der Waals surface area (Å²) in [6, 6.07) is 14.3. The van der Waals surface area contributed by atoms with Gasteiger partial charge in [-0.1, -0.05) is 48.5 Å². The van der Waals surface area contributed by atoms with Crippen molar-refractivity contribution >= 4 is 15.6 Å². The molecule has 1 aliphatic rings. The molecule has 0 unspecified atom stereocenters. The predicted molar refractivity (Wildman–Crippen MR) is 90.9 cm³/mol. The first-order valence-electron chi connectivity index (χ1n) is 7.87. The van der Waals surface area contributed by atoms with Gasteiger partial charge in [0.25, 0.3) is 0 Å². The fourth-order valence-corrected chi connectivity index (χ4v) is 4.29. The molecule has 0 radical (unpaired) electrons. The van der Waals surface area contributed by atoms with E-state index in [0.717, 1.165) is 27.6 Å². The second-order valence-corrected chi connectivity index (χ2v) is 7.61. The normalized spacial score (nSPS) is 16.2. The van der Waals surface area contributed by atoms with Gasteiger partial charge >= 0.3 is 6.36 Å². The lowest BCUT2D eigenvalue weighted by Gasteiger charge is -2.26. The van der Waals surface area contributed by atoms with Crippen LogP contribution in [0.5, 0.6) is 5.75 Å². The van der Waals surface area contributed by atoms with Crippen molar-refractivity contribution in [2.75, 3.05) is 13.1 Å². The lowest BCUT2D eigenvalue weighted by Crippen LogP contribution is -2.35. The molecular weight excluding hydrogens is 367 g/mol. The van der Waals surface area contributed by atoms with E-state index in [-0.39, 0.29) is 13.1 Å². The summed E-state index contributed by atoms with van der Waals surface area (Å²) in [5, 5.41) is 0. The van der Waals surface area contributed by atoms with Crippen molar-refractivity contribution in [2.24, 2.45) is 0 Å². The van der Waals surface area contributed by atoms with Gasteiger partial charge in [-0.25, -0.2) is 8.42 Å². The summed E-state index contributed by atoms with van der Waals surface area (Å²) in [6.07, 6.45) is -2.71. The Morgan fingerprint density at radius 3 is 2.23 bits per heavy atom. The van der Waals surface area contributed by atoms with Crippen molar-refractivity contribution in [3.63, 3.8) is 0 Å². The standard InChI is InChI=1S/C18H16F3NO3S/c19-18(20,21)25-16-8-4-5-9-17(16)26(23,24)22-12-10-15(11-13-22)14-6-2-1-3-7-14/h1-10H,11-13H2. The minimum Gasteiger partial charge on any atom is -0.404 e. The van der Waals surface area contributed by atoms with Crippen LogP contribution in [0.25, 0.3) is 5.57 Å². The molecule has 1 heterocycles. The highest BCUT2D eigenvalue weighted by molar-refractivity contribution is 7.89. The molecule has 1 aliphatic heterocycles. The van der Waals surface area contributed by atoms with Crippen LogP contribution in [0, 0.1) is 0 Å². The maximum Gasteiger partial charge on any atom is 0.573 e. The molecule has 4 nitrogen and oxygen atoms in total. The van der Waals surface area contributed by atoms with Crippen LogP contribution in [0.4, 0.5) is 13.2 Å². The summed E-state index contributed by atoms with van der Waals surface area (Å²) in [6.45, 7) is 0.274. The minimum atomic E-state index is -4.96. The molecule has 2 aromatic rings. The molecule has 0 saturated carbocycles. The molecule has 2 aromatic carbocycles. The van der Waals surface area contributed by atoms with Gasteiger partial charge in [0.2, 0.25) is 10.0 Å². The topological polar surface area (TPSA) is 46.6 Å². The van der Waals surface area contributed by atoms with Crippen LogP contribution in [0.3, 0.4) is 0 Å². The van der Waals surface area contributed by atoms with E-state index in [4.69, 9.17) is 0 Å². The number of para-hydroxylation sites is 1. The first-order valence-corrected chi connectivity index (χ1v) is 9.31. The highest BCUT2D eigenvalue weighted by Gasteiger charge is 2.35. The van der Waals surface area contributed by atoms with E-state index >= 15 is 0 Å². The molecule has 3 rings (SSSR count). The van der Waals surface area contributed by atoms with Gasteiger partial charge in [0, 0.05) is 13.1 Å². The quantitative estimate of drug-likeness (QED) is 0.800. The summed E-state index contributed by atoms with van der Waals surface area (Å²) < 4.78 is 68.3. The second kappa shape index (κ2) is 7.13. The van der Waals surface area contributed by atoms with Crippen molar-refractivity contribution < 1.29 is 26.3 Å². The van der Waals surface area contributed by atoms with Crippen LogP contribution < -0.4 is 4.74 Å². The molecule has 0 aliphatic carbocycles. The number of nitrogens with zero attached hydrogens (tertiary/aromatic N) is 1. The molecule has 0 aromatic heterocycles. The first kappa shape index (κ1) is 18.5.